The van der Waals surface area contributed by atoms with Gasteiger partial charge in [-0.15, -0.1) is 0 Å². The Hall–Kier alpha value is -1.32. The number of carbonyl (C=O) groups is 2. The molecule has 1 aliphatic carbocycles. The van der Waals surface area contributed by atoms with Crippen LogP contribution in [0.1, 0.15) is 66.7 Å². The fourth-order valence-corrected chi connectivity index (χ4v) is 3.19. The van der Waals surface area contributed by atoms with Gasteiger partial charge in [0.15, 0.2) is 0 Å². The van der Waals surface area contributed by atoms with E-state index >= 15 is 0 Å². The smallest absolute Gasteiger partial charge is 0.310 e. The highest BCUT2D eigenvalue weighted by Crippen LogP contribution is 2.33. The van der Waals surface area contributed by atoms with Crippen LogP contribution in [0.25, 0.3) is 0 Å². The molecule has 23 heavy (non-hydrogen) atoms. The largest absolute Gasteiger partial charge is 0.462 e. The fraction of sp³-hybridized carbons (Fsp3) is 0.789. The van der Waals surface area contributed by atoms with Crippen LogP contribution in [0.4, 0.5) is 0 Å². The standard InChI is InChI=1S/C19H32O4/c1-6-9-14(4)22-18(20)16-12-8-11-13(3)17(16)19(21)23-15(5)10-7-2/h8,11,13-17H,6-7,9-10,12H2,1-5H3. The van der Waals surface area contributed by atoms with Crippen molar-refractivity contribution in [2.75, 3.05) is 0 Å². The lowest BCUT2D eigenvalue weighted by molar-refractivity contribution is -0.168. The lowest BCUT2D eigenvalue weighted by Gasteiger charge is -2.31. The summed E-state index contributed by atoms with van der Waals surface area (Å²) in [5.74, 6) is -1.43. The quantitative estimate of drug-likeness (QED) is 0.494. The van der Waals surface area contributed by atoms with Crippen LogP contribution in [0.2, 0.25) is 0 Å². The van der Waals surface area contributed by atoms with Crippen molar-refractivity contribution < 1.29 is 19.1 Å². The first-order valence-electron chi connectivity index (χ1n) is 8.98. The molecule has 0 spiro atoms. The van der Waals surface area contributed by atoms with Gasteiger partial charge >= 0.3 is 11.9 Å². The molecule has 5 unspecified atom stereocenters. The molecule has 0 aromatic rings. The van der Waals surface area contributed by atoms with Gasteiger partial charge in [-0.2, -0.15) is 0 Å². The molecule has 0 fully saturated rings. The molecule has 0 bridgehead atoms. The fourth-order valence-electron chi connectivity index (χ4n) is 3.19. The molecule has 0 saturated heterocycles. The van der Waals surface area contributed by atoms with Gasteiger partial charge < -0.3 is 9.47 Å². The number of hydrogen-bond donors (Lipinski definition) is 0. The van der Waals surface area contributed by atoms with Crippen LogP contribution in [0.5, 0.6) is 0 Å². The van der Waals surface area contributed by atoms with Gasteiger partial charge in [0.25, 0.3) is 0 Å². The third kappa shape index (κ3) is 6.00. The molecule has 1 rings (SSSR count). The number of ether oxygens (including phenoxy) is 2. The third-order valence-electron chi connectivity index (χ3n) is 4.43. The molecular weight excluding hydrogens is 292 g/mol. The van der Waals surface area contributed by atoms with Gasteiger partial charge in [0.2, 0.25) is 0 Å². The zero-order valence-electron chi connectivity index (χ0n) is 15.2. The summed E-state index contributed by atoms with van der Waals surface area (Å²) in [6.07, 6.45) is 7.91. The Morgan fingerprint density at radius 3 is 2.09 bits per heavy atom. The van der Waals surface area contributed by atoms with Crippen molar-refractivity contribution >= 4 is 11.9 Å². The van der Waals surface area contributed by atoms with Crippen LogP contribution in [0.15, 0.2) is 12.2 Å². The molecule has 0 amide bonds. The molecule has 1 aliphatic rings. The molecule has 0 N–H and O–H groups in total. The van der Waals surface area contributed by atoms with Crippen molar-refractivity contribution in [3.05, 3.63) is 12.2 Å². The second-order valence-electron chi connectivity index (χ2n) is 6.73. The van der Waals surface area contributed by atoms with Crippen molar-refractivity contribution in [3.63, 3.8) is 0 Å². The predicted molar refractivity (Wildman–Crippen MR) is 90.8 cm³/mol. The summed E-state index contributed by atoms with van der Waals surface area (Å²) in [4.78, 5) is 25.0. The molecule has 0 radical (unpaired) electrons. The van der Waals surface area contributed by atoms with Crippen molar-refractivity contribution in [2.24, 2.45) is 17.8 Å². The van der Waals surface area contributed by atoms with E-state index in [-0.39, 0.29) is 30.1 Å². The van der Waals surface area contributed by atoms with Crippen LogP contribution < -0.4 is 0 Å². The maximum absolute atomic E-state index is 12.6. The van der Waals surface area contributed by atoms with Gasteiger partial charge in [-0.3, -0.25) is 9.59 Å². The summed E-state index contributed by atoms with van der Waals surface area (Å²) >= 11 is 0. The monoisotopic (exact) mass is 324 g/mol. The van der Waals surface area contributed by atoms with E-state index in [1.54, 1.807) is 0 Å². The van der Waals surface area contributed by atoms with E-state index in [0.29, 0.717) is 6.42 Å². The number of esters is 2. The van der Waals surface area contributed by atoms with Crippen LogP contribution in [-0.2, 0) is 19.1 Å². The van der Waals surface area contributed by atoms with E-state index in [2.05, 4.69) is 13.8 Å². The molecule has 0 heterocycles. The number of rotatable bonds is 8. The van der Waals surface area contributed by atoms with Crippen molar-refractivity contribution in [1.82, 2.24) is 0 Å². The van der Waals surface area contributed by atoms with Gasteiger partial charge in [-0.05, 0) is 39.0 Å². The third-order valence-corrected chi connectivity index (χ3v) is 4.43. The van der Waals surface area contributed by atoms with E-state index in [9.17, 15) is 9.59 Å². The molecule has 4 nitrogen and oxygen atoms in total. The van der Waals surface area contributed by atoms with Crippen LogP contribution in [0, 0.1) is 17.8 Å². The van der Waals surface area contributed by atoms with Gasteiger partial charge in [0.05, 0.1) is 24.0 Å². The Labute approximate surface area is 140 Å². The molecule has 4 heteroatoms. The number of carbonyl (C=O) groups excluding carboxylic acids is 2. The molecule has 0 aromatic carbocycles. The maximum Gasteiger partial charge on any atom is 0.310 e. The number of hydrogen-bond acceptors (Lipinski definition) is 4. The summed E-state index contributed by atoms with van der Waals surface area (Å²) < 4.78 is 11.1. The highest BCUT2D eigenvalue weighted by molar-refractivity contribution is 5.83. The second-order valence-corrected chi connectivity index (χ2v) is 6.73. The molecule has 5 atom stereocenters. The SMILES string of the molecule is CCCC(C)OC(=O)C1CC=CC(C)C1C(=O)OC(C)CCC. The first-order valence-corrected chi connectivity index (χ1v) is 8.98. The zero-order chi connectivity index (χ0) is 17.4. The Bertz CT molecular complexity index is 416. The Morgan fingerprint density at radius 1 is 1.04 bits per heavy atom. The first-order chi connectivity index (χ1) is 10.9. The van der Waals surface area contributed by atoms with E-state index in [1.165, 1.54) is 0 Å². The van der Waals surface area contributed by atoms with E-state index < -0.39 is 11.8 Å². The lowest BCUT2D eigenvalue weighted by Crippen LogP contribution is -2.39. The van der Waals surface area contributed by atoms with E-state index in [0.717, 1.165) is 25.7 Å². The highest BCUT2D eigenvalue weighted by Gasteiger charge is 2.41. The summed E-state index contributed by atoms with van der Waals surface area (Å²) in [6.45, 7) is 9.89. The van der Waals surface area contributed by atoms with Crippen LogP contribution in [0.3, 0.4) is 0 Å². The average Bonchev–Trinajstić information content (AvgIpc) is 2.46. The Balaban J connectivity index is 2.77. The maximum atomic E-state index is 12.6. The summed E-state index contributed by atoms with van der Waals surface area (Å²) in [6, 6.07) is 0. The molecule has 0 aromatic heterocycles. The first kappa shape index (κ1) is 19.7. The minimum atomic E-state index is -0.444. The topological polar surface area (TPSA) is 52.6 Å². The lowest BCUT2D eigenvalue weighted by atomic mass is 9.76. The van der Waals surface area contributed by atoms with Crippen molar-refractivity contribution in [3.8, 4) is 0 Å². The van der Waals surface area contributed by atoms with E-state index in [1.807, 2.05) is 32.9 Å². The predicted octanol–water partition coefficient (Wildman–Crippen LogP) is 4.28. The van der Waals surface area contributed by atoms with Gasteiger partial charge in [-0.25, -0.2) is 0 Å². The molecule has 132 valence electrons. The van der Waals surface area contributed by atoms with Gasteiger partial charge in [0, 0.05) is 0 Å². The average molecular weight is 324 g/mol. The Morgan fingerprint density at radius 2 is 1.57 bits per heavy atom. The van der Waals surface area contributed by atoms with E-state index in [4.69, 9.17) is 9.47 Å². The number of allylic oxidation sites excluding steroid dienone is 2. The van der Waals surface area contributed by atoms with Crippen molar-refractivity contribution in [1.29, 1.82) is 0 Å². The minimum Gasteiger partial charge on any atom is -0.462 e. The minimum absolute atomic E-state index is 0.0101. The highest BCUT2D eigenvalue weighted by atomic mass is 16.6. The zero-order valence-corrected chi connectivity index (χ0v) is 15.2. The normalized spacial score (nSPS) is 26.4. The second kappa shape index (κ2) is 9.74. The van der Waals surface area contributed by atoms with Crippen LogP contribution in [-0.4, -0.2) is 24.1 Å². The van der Waals surface area contributed by atoms with Crippen LogP contribution >= 0.6 is 0 Å². The summed E-state index contributed by atoms with van der Waals surface area (Å²) in [7, 11) is 0. The summed E-state index contributed by atoms with van der Waals surface area (Å²) in [5, 5.41) is 0. The molecular formula is C19H32O4. The van der Waals surface area contributed by atoms with Gasteiger partial charge in [0.1, 0.15) is 0 Å². The van der Waals surface area contributed by atoms with Gasteiger partial charge in [-0.1, -0.05) is 45.8 Å². The van der Waals surface area contributed by atoms with Crippen molar-refractivity contribution in [2.45, 2.75) is 78.9 Å². The Kier molecular flexibility index (Phi) is 8.35. The molecule has 0 saturated carbocycles. The molecule has 0 aliphatic heterocycles. The summed E-state index contributed by atoms with van der Waals surface area (Å²) in [5.41, 5.74) is 0.